The second kappa shape index (κ2) is 20.7. The van der Waals surface area contributed by atoms with Crippen LogP contribution in [0.4, 0.5) is 4.79 Å². The van der Waals surface area contributed by atoms with E-state index in [1.54, 1.807) is 42.0 Å². The Labute approximate surface area is 317 Å². The quantitative estimate of drug-likeness (QED) is 0.128. The summed E-state index contributed by atoms with van der Waals surface area (Å²) in [6.07, 6.45) is 1.91. The number of aliphatic hydroxyl groups excluding tert-OH is 1. The fourth-order valence-corrected chi connectivity index (χ4v) is 8.05. The predicted molar refractivity (Wildman–Crippen MR) is 207 cm³/mol. The van der Waals surface area contributed by atoms with E-state index in [4.69, 9.17) is 9.84 Å². The fourth-order valence-electron chi connectivity index (χ4n) is 4.91. The Bertz CT molecular complexity index is 2110. The lowest BCUT2D eigenvalue weighted by Crippen LogP contribution is -2.36. The molecule has 0 saturated carbocycles. The molecule has 12 nitrogen and oxygen atoms in total. The van der Waals surface area contributed by atoms with Crippen molar-refractivity contribution in [3.8, 4) is 5.88 Å². The molecule has 0 aliphatic heterocycles. The van der Waals surface area contributed by atoms with Crippen LogP contribution < -0.4 is 15.4 Å². The van der Waals surface area contributed by atoms with Crippen molar-refractivity contribution < 1.29 is 32.6 Å². The average Bonchev–Trinajstić information content (AvgIpc) is 3.87. The maximum Gasteiger partial charge on any atom is 0.407 e. The number of aromatic nitrogens is 2. The summed E-state index contributed by atoms with van der Waals surface area (Å²) in [7, 11) is -0.183. The molecule has 0 fully saturated rings. The second-order valence-corrected chi connectivity index (χ2v) is 15.2. The third-order valence-electron chi connectivity index (χ3n) is 7.49. The van der Waals surface area contributed by atoms with E-state index < -0.39 is 16.1 Å². The van der Waals surface area contributed by atoms with Gasteiger partial charge in [0.15, 0.2) is 0 Å². The molecule has 3 heterocycles. The third kappa shape index (κ3) is 12.5. The van der Waals surface area contributed by atoms with Crippen molar-refractivity contribution in [1.82, 2.24) is 24.9 Å². The molecule has 0 unspecified atom stereocenters. The van der Waals surface area contributed by atoms with Gasteiger partial charge in [0.2, 0.25) is 21.8 Å². The standard InChI is InChI=1S/C24H25N5O6S3.C13H12.CH4O/c1-34-23-9-16(7-8-25-23)13-29(38(32,33)19-5-6-21-20(10-19)28-15-36-21)14-18-4-3-17(37-18)11-26-22(30)12-27-24(31)35-2;1-3-7-12(8-4-1)11-13-9-5-2-6-10-13;1-2/h3-10,15H,11-14H2,1-2H3,(H,26,30)(H,27,31);1-10H,11H2;2H,1H3. The Morgan fingerprint density at radius 1 is 0.792 bits per heavy atom. The number of rotatable bonds is 13. The van der Waals surface area contributed by atoms with Gasteiger partial charge in [0, 0.05) is 42.2 Å². The number of nitrogens with one attached hydrogen (secondary N) is 2. The summed E-state index contributed by atoms with van der Waals surface area (Å²) < 4.78 is 39.5. The van der Waals surface area contributed by atoms with Crippen molar-refractivity contribution in [3.05, 3.63) is 141 Å². The topological polar surface area (TPSA) is 160 Å². The molecule has 3 N–H and O–H groups in total. The van der Waals surface area contributed by atoms with Crippen molar-refractivity contribution in [2.24, 2.45) is 0 Å². The summed E-state index contributed by atoms with van der Waals surface area (Å²) in [4.78, 5) is 33.2. The van der Waals surface area contributed by atoms with Gasteiger partial charge in [0.1, 0.15) is 6.54 Å². The van der Waals surface area contributed by atoms with Crippen LogP contribution in [-0.4, -0.2) is 67.7 Å². The number of thiazole rings is 1. The molecule has 2 amide bonds. The van der Waals surface area contributed by atoms with E-state index in [1.165, 1.54) is 52.3 Å². The normalized spacial score (nSPS) is 10.7. The molecule has 3 aromatic heterocycles. The molecule has 6 rings (SSSR count). The molecule has 278 valence electrons. The minimum atomic E-state index is -3.90. The lowest BCUT2D eigenvalue weighted by Gasteiger charge is -2.22. The van der Waals surface area contributed by atoms with Gasteiger partial charge in [-0.2, -0.15) is 4.31 Å². The first-order valence-corrected chi connectivity index (χ1v) is 19.4. The summed E-state index contributed by atoms with van der Waals surface area (Å²) in [6, 6.07) is 33.1. The number of amides is 2. The lowest BCUT2D eigenvalue weighted by atomic mass is 10.1. The highest BCUT2D eigenvalue weighted by atomic mass is 32.2. The number of fused-ring (bicyclic) bond motifs is 1. The van der Waals surface area contributed by atoms with E-state index in [0.29, 0.717) is 11.4 Å². The minimum absolute atomic E-state index is 0.0967. The Balaban J connectivity index is 0.000000348. The fraction of sp³-hybridized carbons (Fsp3) is 0.211. The molecule has 0 spiro atoms. The summed E-state index contributed by atoms with van der Waals surface area (Å²) in [5.41, 5.74) is 5.76. The summed E-state index contributed by atoms with van der Waals surface area (Å²) >= 11 is 2.83. The highest BCUT2D eigenvalue weighted by Gasteiger charge is 2.26. The van der Waals surface area contributed by atoms with Crippen LogP contribution in [0.3, 0.4) is 0 Å². The van der Waals surface area contributed by atoms with Gasteiger partial charge in [-0.1, -0.05) is 60.7 Å². The van der Waals surface area contributed by atoms with E-state index in [1.807, 2.05) is 12.1 Å². The second-order valence-electron chi connectivity index (χ2n) is 11.1. The number of benzene rings is 3. The Morgan fingerprint density at radius 3 is 2.13 bits per heavy atom. The number of ether oxygens (including phenoxy) is 2. The molecule has 3 aromatic carbocycles. The first kappa shape index (κ1) is 40.6. The van der Waals surface area contributed by atoms with Gasteiger partial charge < -0.3 is 25.2 Å². The number of alkyl carbamates (subject to hydrolysis) is 1. The monoisotopic (exact) mass is 775 g/mol. The molecule has 6 aromatic rings. The zero-order valence-electron chi connectivity index (χ0n) is 29.5. The Kier molecular flexibility index (Phi) is 15.9. The van der Waals surface area contributed by atoms with E-state index in [0.717, 1.165) is 33.5 Å². The number of aliphatic hydroxyl groups is 1. The Hall–Kier alpha value is -5.19. The number of nitrogens with zero attached hydrogens (tertiary/aromatic N) is 3. The molecule has 0 aliphatic rings. The average molecular weight is 776 g/mol. The van der Waals surface area contributed by atoms with Gasteiger partial charge >= 0.3 is 6.09 Å². The van der Waals surface area contributed by atoms with Crippen LogP contribution in [0.2, 0.25) is 0 Å². The van der Waals surface area contributed by atoms with Crippen LogP contribution in [0.1, 0.15) is 26.4 Å². The van der Waals surface area contributed by atoms with E-state index in [-0.39, 0.29) is 37.0 Å². The summed E-state index contributed by atoms with van der Waals surface area (Å²) in [5.74, 6) is 0.0122. The zero-order valence-corrected chi connectivity index (χ0v) is 31.9. The maximum absolute atomic E-state index is 13.8. The van der Waals surface area contributed by atoms with Crippen molar-refractivity contribution >= 4 is 54.9 Å². The number of sulfonamides is 1. The van der Waals surface area contributed by atoms with Gasteiger partial charge in [-0.25, -0.2) is 23.2 Å². The van der Waals surface area contributed by atoms with Crippen LogP contribution >= 0.6 is 22.7 Å². The minimum Gasteiger partial charge on any atom is -0.481 e. The van der Waals surface area contributed by atoms with Crippen molar-refractivity contribution in [3.63, 3.8) is 0 Å². The number of carbonyl (C=O) groups excluding carboxylic acids is 2. The molecule has 0 atom stereocenters. The first-order chi connectivity index (χ1) is 25.7. The smallest absolute Gasteiger partial charge is 0.407 e. The van der Waals surface area contributed by atoms with Crippen LogP contribution in [0.25, 0.3) is 10.2 Å². The highest BCUT2D eigenvalue weighted by molar-refractivity contribution is 7.89. The van der Waals surface area contributed by atoms with Crippen molar-refractivity contribution in [2.45, 2.75) is 31.0 Å². The molecular formula is C38H41N5O7S3. The van der Waals surface area contributed by atoms with Crippen LogP contribution in [-0.2, 0) is 45.6 Å². The SMILES string of the molecule is CO.COC(=O)NCC(=O)NCc1ccc(CN(Cc2ccnc(OC)c2)S(=O)(=O)c2ccc3scnc3c2)s1.c1ccc(Cc2ccccc2)cc1. The van der Waals surface area contributed by atoms with Crippen molar-refractivity contribution in [2.75, 3.05) is 27.9 Å². The van der Waals surface area contributed by atoms with E-state index in [9.17, 15) is 18.0 Å². The van der Waals surface area contributed by atoms with Gasteiger partial charge in [-0.3, -0.25) is 4.79 Å². The van der Waals surface area contributed by atoms with Crippen LogP contribution in [0, 0.1) is 0 Å². The molecule has 0 radical (unpaired) electrons. The summed E-state index contributed by atoms with van der Waals surface area (Å²) in [6.45, 7) is 0.237. The summed E-state index contributed by atoms with van der Waals surface area (Å²) in [5, 5.41) is 12.0. The molecular weight excluding hydrogens is 735 g/mol. The van der Waals surface area contributed by atoms with Gasteiger partial charge in [0.25, 0.3) is 0 Å². The number of methoxy groups -OCH3 is 2. The van der Waals surface area contributed by atoms with E-state index in [2.05, 4.69) is 86.0 Å². The van der Waals surface area contributed by atoms with Gasteiger partial charge in [-0.15, -0.1) is 22.7 Å². The number of hydrogen-bond donors (Lipinski definition) is 3. The number of pyridine rings is 1. The van der Waals surface area contributed by atoms with E-state index >= 15 is 0 Å². The Morgan fingerprint density at radius 2 is 1.47 bits per heavy atom. The highest BCUT2D eigenvalue weighted by Crippen LogP contribution is 2.28. The third-order valence-corrected chi connectivity index (χ3v) is 11.2. The molecule has 15 heteroatoms. The maximum atomic E-state index is 13.8. The molecule has 0 aliphatic carbocycles. The number of carbonyl (C=O) groups is 2. The first-order valence-electron chi connectivity index (χ1n) is 16.2. The zero-order chi connectivity index (χ0) is 38.1. The number of thiophene rings is 1. The van der Waals surface area contributed by atoms with Crippen LogP contribution in [0.5, 0.6) is 5.88 Å². The number of hydrogen-bond acceptors (Lipinski definition) is 11. The van der Waals surface area contributed by atoms with Gasteiger partial charge in [0.05, 0.1) is 41.4 Å². The largest absolute Gasteiger partial charge is 0.481 e. The van der Waals surface area contributed by atoms with Gasteiger partial charge in [-0.05, 0) is 59.5 Å². The van der Waals surface area contributed by atoms with Crippen LogP contribution in [0.15, 0.2) is 120 Å². The van der Waals surface area contributed by atoms with Crippen molar-refractivity contribution in [1.29, 1.82) is 0 Å². The molecule has 0 bridgehead atoms. The predicted octanol–water partition coefficient (Wildman–Crippen LogP) is 6.01. The molecule has 0 saturated heterocycles. The molecule has 53 heavy (non-hydrogen) atoms. The lowest BCUT2D eigenvalue weighted by molar-refractivity contribution is -0.120.